The number of aryl methyl sites for hydroxylation is 1. The number of nitrogens with one attached hydrogen (secondary N) is 1. The highest BCUT2D eigenvalue weighted by Crippen LogP contribution is 2.35. The first-order valence-electron chi connectivity index (χ1n) is 10.3. The number of benzene rings is 2. The molecule has 0 saturated carbocycles. The van der Waals surface area contributed by atoms with Crippen molar-refractivity contribution < 1.29 is 9.18 Å². The topological polar surface area (TPSA) is 76.9 Å². The van der Waals surface area contributed by atoms with E-state index in [0.717, 1.165) is 21.5 Å². The molecule has 0 radical (unpaired) electrons. The third kappa shape index (κ3) is 4.55. The number of thioether (sulfide) groups is 2. The predicted octanol–water partition coefficient (Wildman–Crippen LogP) is 5.06. The van der Waals surface area contributed by atoms with Crippen LogP contribution in [0.2, 0.25) is 0 Å². The Balaban J connectivity index is 1.40. The van der Waals surface area contributed by atoms with Crippen molar-refractivity contribution in [2.24, 2.45) is 0 Å². The Morgan fingerprint density at radius 2 is 2.03 bits per heavy atom. The van der Waals surface area contributed by atoms with Crippen molar-refractivity contribution in [3.63, 3.8) is 0 Å². The lowest BCUT2D eigenvalue weighted by Crippen LogP contribution is -2.24. The van der Waals surface area contributed by atoms with Crippen LogP contribution < -0.4 is 10.9 Å². The summed E-state index contributed by atoms with van der Waals surface area (Å²) in [5, 5.41) is 4.04. The van der Waals surface area contributed by atoms with Gasteiger partial charge in [-0.15, -0.1) is 11.8 Å². The SMILES string of the molecule is Cc1ccc2nc(NC(=O)CSc3nc4c(c(=O)n3-c3ccc(F)cc3)S[C@H](C)C4)sc2c1. The van der Waals surface area contributed by atoms with Gasteiger partial charge < -0.3 is 5.32 Å². The highest BCUT2D eigenvalue weighted by molar-refractivity contribution is 8.00. The van der Waals surface area contributed by atoms with Crippen molar-refractivity contribution in [2.45, 2.75) is 35.6 Å². The summed E-state index contributed by atoms with van der Waals surface area (Å²) in [5.41, 5.74) is 3.05. The van der Waals surface area contributed by atoms with E-state index in [-0.39, 0.29) is 28.3 Å². The quantitative estimate of drug-likeness (QED) is 0.306. The molecule has 0 bridgehead atoms. The Labute approximate surface area is 201 Å². The van der Waals surface area contributed by atoms with E-state index in [2.05, 4.69) is 10.3 Å². The Morgan fingerprint density at radius 3 is 2.82 bits per heavy atom. The molecule has 2 aromatic carbocycles. The molecular formula is C23H19FN4O2S3. The van der Waals surface area contributed by atoms with Gasteiger partial charge in [-0.2, -0.15) is 0 Å². The van der Waals surface area contributed by atoms with Gasteiger partial charge in [-0.1, -0.05) is 36.1 Å². The van der Waals surface area contributed by atoms with Gasteiger partial charge in [-0.3, -0.25) is 14.2 Å². The van der Waals surface area contributed by atoms with Crippen LogP contribution in [0.1, 0.15) is 18.2 Å². The summed E-state index contributed by atoms with van der Waals surface area (Å²) in [7, 11) is 0. The van der Waals surface area contributed by atoms with E-state index in [1.165, 1.54) is 51.6 Å². The summed E-state index contributed by atoms with van der Waals surface area (Å²) < 4.78 is 15.9. The standard InChI is InChI=1S/C23H19FN4O2S3/c1-12-3-8-16-18(9-12)33-22(25-16)27-19(29)11-31-23-26-17-10-13(2)32-20(17)21(30)28(23)15-6-4-14(24)5-7-15/h3-9,13H,10-11H2,1-2H3,(H,25,27,29)/t13-/m1/s1. The van der Waals surface area contributed by atoms with E-state index in [1.54, 1.807) is 12.1 Å². The average molecular weight is 499 g/mol. The highest BCUT2D eigenvalue weighted by Gasteiger charge is 2.27. The van der Waals surface area contributed by atoms with Crippen molar-refractivity contribution >= 4 is 56.1 Å². The minimum atomic E-state index is -0.386. The normalized spacial score (nSPS) is 15.1. The molecule has 33 heavy (non-hydrogen) atoms. The lowest BCUT2D eigenvalue weighted by molar-refractivity contribution is -0.113. The number of aromatic nitrogens is 3. The van der Waals surface area contributed by atoms with Crippen LogP contribution in [0.5, 0.6) is 0 Å². The van der Waals surface area contributed by atoms with E-state index >= 15 is 0 Å². The maximum Gasteiger partial charge on any atom is 0.272 e. The Kier molecular flexibility index (Phi) is 5.98. The molecule has 1 aliphatic rings. The van der Waals surface area contributed by atoms with E-state index in [0.29, 0.717) is 27.3 Å². The molecule has 0 fully saturated rings. The summed E-state index contributed by atoms with van der Waals surface area (Å²) in [6.45, 7) is 4.06. The van der Waals surface area contributed by atoms with E-state index in [9.17, 15) is 14.0 Å². The van der Waals surface area contributed by atoms with Crippen LogP contribution in [0.3, 0.4) is 0 Å². The number of carbonyl (C=O) groups is 1. The summed E-state index contributed by atoms with van der Waals surface area (Å²) >= 11 is 4.10. The van der Waals surface area contributed by atoms with Crippen LogP contribution in [0, 0.1) is 12.7 Å². The van der Waals surface area contributed by atoms with Crippen LogP contribution in [0.15, 0.2) is 57.3 Å². The number of rotatable bonds is 5. The maximum absolute atomic E-state index is 13.5. The van der Waals surface area contributed by atoms with Gasteiger partial charge in [0.1, 0.15) is 5.82 Å². The predicted molar refractivity (Wildman–Crippen MR) is 133 cm³/mol. The molecule has 168 valence electrons. The minimum Gasteiger partial charge on any atom is -0.301 e. The summed E-state index contributed by atoms with van der Waals surface area (Å²) in [6.07, 6.45) is 0.699. The number of hydrogen-bond donors (Lipinski definition) is 1. The lowest BCUT2D eigenvalue weighted by atomic mass is 10.2. The Bertz CT molecular complexity index is 1430. The summed E-state index contributed by atoms with van der Waals surface area (Å²) in [6, 6.07) is 11.6. The molecule has 1 atom stereocenters. The molecule has 0 saturated heterocycles. The molecule has 1 N–H and O–H groups in total. The number of fused-ring (bicyclic) bond motifs is 2. The first-order valence-corrected chi connectivity index (χ1v) is 12.9. The summed E-state index contributed by atoms with van der Waals surface area (Å²) in [5.74, 6) is -0.563. The van der Waals surface area contributed by atoms with Gasteiger partial charge in [0.15, 0.2) is 10.3 Å². The zero-order chi connectivity index (χ0) is 23.1. The third-order valence-electron chi connectivity index (χ3n) is 5.09. The van der Waals surface area contributed by atoms with Gasteiger partial charge in [0.2, 0.25) is 5.91 Å². The number of halogens is 1. The highest BCUT2D eigenvalue weighted by atomic mass is 32.2. The lowest BCUT2D eigenvalue weighted by Gasteiger charge is -2.13. The number of carbonyl (C=O) groups excluding carboxylic acids is 1. The second kappa shape index (κ2) is 8.92. The molecule has 1 aliphatic heterocycles. The van der Waals surface area contributed by atoms with E-state index in [4.69, 9.17) is 4.98 Å². The van der Waals surface area contributed by atoms with Crippen LogP contribution in [-0.4, -0.2) is 31.4 Å². The van der Waals surface area contributed by atoms with E-state index in [1.807, 2.05) is 32.0 Å². The van der Waals surface area contributed by atoms with Crippen molar-refractivity contribution in [2.75, 3.05) is 11.1 Å². The monoisotopic (exact) mass is 498 g/mol. The second-order valence-electron chi connectivity index (χ2n) is 7.75. The number of nitrogens with zero attached hydrogens (tertiary/aromatic N) is 3. The second-order valence-corrected chi connectivity index (χ2v) is 11.2. The van der Waals surface area contributed by atoms with Gasteiger partial charge in [0, 0.05) is 11.7 Å². The largest absolute Gasteiger partial charge is 0.301 e. The Hall–Kier alpha value is -2.69. The first-order chi connectivity index (χ1) is 15.9. The van der Waals surface area contributed by atoms with Gasteiger partial charge in [-0.05, 0) is 48.9 Å². The van der Waals surface area contributed by atoms with Crippen LogP contribution in [-0.2, 0) is 11.2 Å². The fourth-order valence-electron chi connectivity index (χ4n) is 3.59. The maximum atomic E-state index is 13.5. The van der Waals surface area contributed by atoms with Crippen LogP contribution in [0.25, 0.3) is 15.9 Å². The molecule has 5 rings (SSSR count). The smallest absolute Gasteiger partial charge is 0.272 e. The van der Waals surface area contributed by atoms with E-state index < -0.39 is 0 Å². The minimum absolute atomic E-state index is 0.0596. The molecule has 6 nitrogen and oxygen atoms in total. The molecule has 0 aliphatic carbocycles. The van der Waals surface area contributed by atoms with Crippen molar-refractivity contribution in [1.82, 2.24) is 14.5 Å². The number of thiazole rings is 1. The van der Waals surface area contributed by atoms with Gasteiger partial charge in [0.25, 0.3) is 5.56 Å². The van der Waals surface area contributed by atoms with Crippen molar-refractivity contribution in [3.8, 4) is 5.69 Å². The Morgan fingerprint density at radius 1 is 1.24 bits per heavy atom. The fraction of sp³-hybridized carbons (Fsp3) is 0.217. The average Bonchev–Trinajstić information content (AvgIpc) is 3.35. The van der Waals surface area contributed by atoms with Crippen LogP contribution >= 0.6 is 34.9 Å². The summed E-state index contributed by atoms with van der Waals surface area (Å²) in [4.78, 5) is 35.7. The molecule has 2 aromatic heterocycles. The molecule has 1 amide bonds. The molecule has 10 heteroatoms. The zero-order valence-corrected chi connectivity index (χ0v) is 20.2. The molecule has 4 aromatic rings. The van der Waals surface area contributed by atoms with Crippen molar-refractivity contribution in [1.29, 1.82) is 0 Å². The molecule has 0 spiro atoms. The zero-order valence-electron chi connectivity index (χ0n) is 17.8. The van der Waals surface area contributed by atoms with Crippen LogP contribution in [0.4, 0.5) is 9.52 Å². The number of amides is 1. The molecule has 3 heterocycles. The third-order valence-corrected chi connectivity index (χ3v) is 8.18. The number of hydrogen-bond acceptors (Lipinski definition) is 7. The molecule has 0 unspecified atom stereocenters. The van der Waals surface area contributed by atoms with Gasteiger partial charge in [0.05, 0.1) is 32.2 Å². The van der Waals surface area contributed by atoms with Crippen molar-refractivity contribution in [3.05, 3.63) is 69.9 Å². The van der Waals surface area contributed by atoms with Gasteiger partial charge in [-0.25, -0.2) is 14.4 Å². The number of anilines is 1. The van der Waals surface area contributed by atoms with Gasteiger partial charge >= 0.3 is 0 Å². The first kappa shape index (κ1) is 22.1. The fourth-order valence-corrected chi connectivity index (χ4v) is 6.49. The molecular weight excluding hydrogens is 479 g/mol.